The molecule has 3 rings (SSSR count). The molecule has 2 aromatic carbocycles. The van der Waals surface area contributed by atoms with E-state index in [4.69, 9.17) is 20.9 Å². The van der Waals surface area contributed by atoms with Gasteiger partial charge in [-0.25, -0.2) is 0 Å². The van der Waals surface area contributed by atoms with Crippen LogP contribution in [0.4, 0.5) is 0 Å². The first-order chi connectivity index (χ1) is 12.2. The van der Waals surface area contributed by atoms with Crippen LogP contribution in [0.3, 0.4) is 0 Å². The van der Waals surface area contributed by atoms with Crippen LogP contribution in [0.2, 0.25) is 5.02 Å². The lowest BCUT2D eigenvalue weighted by Crippen LogP contribution is -2.25. The van der Waals surface area contributed by atoms with Crippen LogP contribution in [0.5, 0.6) is 5.75 Å². The van der Waals surface area contributed by atoms with Gasteiger partial charge in [0.2, 0.25) is 11.7 Å². The minimum Gasteiger partial charge on any atom is -0.495 e. The van der Waals surface area contributed by atoms with Crippen LogP contribution in [0.1, 0.15) is 16.2 Å². The van der Waals surface area contributed by atoms with Crippen molar-refractivity contribution in [2.45, 2.75) is 6.42 Å². The molecule has 3 aromatic rings. The third-order valence-electron chi connectivity index (χ3n) is 3.54. The number of carbonyl (C=O) groups is 1. The zero-order valence-electron chi connectivity index (χ0n) is 13.5. The van der Waals surface area contributed by atoms with Gasteiger partial charge in [-0.15, -0.1) is 0 Å². The molecule has 25 heavy (non-hydrogen) atoms. The Morgan fingerprint density at radius 3 is 2.76 bits per heavy atom. The van der Waals surface area contributed by atoms with Crippen molar-refractivity contribution in [1.82, 2.24) is 15.5 Å². The first kappa shape index (κ1) is 17.0. The van der Waals surface area contributed by atoms with Crippen LogP contribution < -0.4 is 10.1 Å². The molecule has 1 N–H and O–H groups in total. The normalized spacial score (nSPS) is 10.5. The van der Waals surface area contributed by atoms with Gasteiger partial charge in [-0.2, -0.15) is 4.98 Å². The molecule has 0 saturated heterocycles. The molecule has 0 radical (unpaired) electrons. The van der Waals surface area contributed by atoms with Gasteiger partial charge in [0.25, 0.3) is 5.91 Å². The van der Waals surface area contributed by atoms with Crippen LogP contribution >= 0.6 is 11.6 Å². The number of nitrogens with zero attached hydrogens (tertiary/aromatic N) is 2. The summed E-state index contributed by atoms with van der Waals surface area (Å²) in [5.41, 5.74) is 1.34. The van der Waals surface area contributed by atoms with E-state index < -0.39 is 0 Å². The Morgan fingerprint density at radius 1 is 1.24 bits per heavy atom. The first-order valence-corrected chi connectivity index (χ1v) is 8.05. The number of benzene rings is 2. The fraction of sp³-hybridized carbons (Fsp3) is 0.167. The van der Waals surface area contributed by atoms with Gasteiger partial charge >= 0.3 is 0 Å². The second-order valence-corrected chi connectivity index (χ2v) is 5.64. The van der Waals surface area contributed by atoms with Crippen LogP contribution in [-0.4, -0.2) is 29.7 Å². The molecule has 6 nitrogen and oxygen atoms in total. The van der Waals surface area contributed by atoms with Crippen molar-refractivity contribution in [3.05, 3.63) is 65.0 Å². The van der Waals surface area contributed by atoms with E-state index in [1.54, 1.807) is 18.2 Å². The minimum absolute atomic E-state index is 0.229. The summed E-state index contributed by atoms with van der Waals surface area (Å²) in [6.45, 7) is 0.374. The van der Waals surface area contributed by atoms with E-state index in [1.807, 2.05) is 30.3 Å². The van der Waals surface area contributed by atoms with E-state index in [0.29, 0.717) is 41.0 Å². The third-order valence-corrected chi connectivity index (χ3v) is 3.83. The van der Waals surface area contributed by atoms with Crippen molar-refractivity contribution < 1.29 is 14.1 Å². The number of nitrogens with one attached hydrogen (secondary N) is 1. The molecule has 7 heteroatoms. The Bertz CT molecular complexity index is 865. The highest BCUT2D eigenvalue weighted by atomic mass is 35.5. The second-order valence-electron chi connectivity index (χ2n) is 5.23. The number of hydrogen-bond donors (Lipinski definition) is 1. The van der Waals surface area contributed by atoms with Crippen molar-refractivity contribution in [3.63, 3.8) is 0 Å². The molecule has 0 fully saturated rings. The maximum absolute atomic E-state index is 12.1. The lowest BCUT2D eigenvalue weighted by Gasteiger charge is -2.06. The van der Waals surface area contributed by atoms with Crippen LogP contribution in [0.25, 0.3) is 11.4 Å². The molecule has 128 valence electrons. The molecule has 1 aromatic heterocycles. The molecule has 1 heterocycles. The highest BCUT2D eigenvalue weighted by Gasteiger charge is 2.11. The average Bonchev–Trinajstić information content (AvgIpc) is 3.11. The minimum atomic E-state index is -0.229. The van der Waals surface area contributed by atoms with E-state index >= 15 is 0 Å². The maximum atomic E-state index is 12.1. The first-order valence-electron chi connectivity index (χ1n) is 7.67. The van der Waals surface area contributed by atoms with Crippen LogP contribution in [0, 0.1) is 0 Å². The Kier molecular flexibility index (Phi) is 5.30. The lowest BCUT2D eigenvalue weighted by molar-refractivity contribution is 0.0953. The van der Waals surface area contributed by atoms with E-state index in [0.717, 1.165) is 5.56 Å². The standard InChI is InChI=1S/C18H16ClN3O3/c1-24-15-8-7-13(11-14(15)19)18(23)20-10-9-16-21-17(22-25-16)12-5-3-2-4-6-12/h2-8,11H,9-10H2,1H3,(H,20,23). The summed E-state index contributed by atoms with van der Waals surface area (Å²) < 4.78 is 10.3. The smallest absolute Gasteiger partial charge is 0.251 e. The quantitative estimate of drug-likeness (QED) is 0.731. The molecule has 0 spiro atoms. The Hall–Kier alpha value is -2.86. The number of methoxy groups -OCH3 is 1. The summed E-state index contributed by atoms with van der Waals surface area (Å²) in [4.78, 5) is 16.5. The summed E-state index contributed by atoms with van der Waals surface area (Å²) >= 11 is 6.03. The van der Waals surface area contributed by atoms with Gasteiger partial charge in [-0.1, -0.05) is 47.1 Å². The number of rotatable bonds is 6. The lowest BCUT2D eigenvalue weighted by atomic mass is 10.2. The fourth-order valence-electron chi connectivity index (χ4n) is 2.25. The Morgan fingerprint density at radius 2 is 2.04 bits per heavy atom. The van der Waals surface area contributed by atoms with Gasteiger partial charge in [-0.05, 0) is 18.2 Å². The predicted molar refractivity (Wildman–Crippen MR) is 93.8 cm³/mol. The summed E-state index contributed by atoms with van der Waals surface area (Å²) in [5, 5.41) is 7.13. The molecule has 0 aliphatic rings. The summed E-state index contributed by atoms with van der Waals surface area (Å²) in [5.74, 6) is 1.29. The second kappa shape index (κ2) is 7.81. The third kappa shape index (κ3) is 4.16. The number of halogens is 1. The fourth-order valence-corrected chi connectivity index (χ4v) is 2.51. The number of amides is 1. The Balaban J connectivity index is 1.55. The van der Waals surface area contributed by atoms with Gasteiger partial charge in [0.15, 0.2) is 0 Å². The monoisotopic (exact) mass is 357 g/mol. The average molecular weight is 358 g/mol. The molecule has 0 aliphatic heterocycles. The van der Waals surface area contributed by atoms with Crippen LogP contribution in [-0.2, 0) is 6.42 Å². The molecule has 0 aliphatic carbocycles. The maximum Gasteiger partial charge on any atom is 0.251 e. The van der Waals surface area contributed by atoms with Crippen molar-refractivity contribution >= 4 is 17.5 Å². The number of carbonyl (C=O) groups excluding carboxylic acids is 1. The highest BCUT2D eigenvalue weighted by Crippen LogP contribution is 2.24. The van der Waals surface area contributed by atoms with Gasteiger partial charge in [0.05, 0.1) is 12.1 Å². The van der Waals surface area contributed by atoms with Crippen molar-refractivity contribution in [2.24, 2.45) is 0 Å². The zero-order chi connectivity index (χ0) is 17.6. The summed E-state index contributed by atoms with van der Waals surface area (Å²) in [6.07, 6.45) is 0.440. The summed E-state index contributed by atoms with van der Waals surface area (Å²) in [6, 6.07) is 14.4. The van der Waals surface area contributed by atoms with E-state index in [-0.39, 0.29) is 5.91 Å². The molecule has 0 bridgehead atoms. The molecule has 0 atom stereocenters. The number of ether oxygens (including phenoxy) is 1. The van der Waals surface area contributed by atoms with Gasteiger partial charge in [-0.3, -0.25) is 4.79 Å². The Labute approximate surface area is 149 Å². The largest absolute Gasteiger partial charge is 0.495 e. The topological polar surface area (TPSA) is 77.2 Å². The van der Waals surface area contributed by atoms with Crippen molar-refractivity contribution in [3.8, 4) is 17.1 Å². The van der Waals surface area contributed by atoms with Crippen molar-refractivity contribution in [1.29, 1.82) is 0 Å². The van der Waals surface area contributed by atoms with Crippen LogP contribution in [0.15, 0.2) is 53.1 Å². The molecular formula is C18H16ClN3O3. The van der Waals surface area contributed by atoms with Crippen molar-refractivity contribution in [2.75, 3.05) is 13.7 Å². The van der Waals surface area contributed by atoms with E-state index in [1.165, 1.54) is 7.11 Å². The van der Waals surface area contributed by atoms with Gasteiger partial charge in [0.1, 0.15) is 5.75 Å². The van der Waals surface area contributed by atoms with Gasteiger partial charge in [0, 0.05) is 24.1 Å². The van der Waals surface area contributed by atoms with Gasteiger partial charge < -0.3 is 14.6 Å². The predicted octanol–water partition coefficient (Wildman–Crippen LogP) is 3.37. The van der Waals surface area contributed by atoms with E-state index in [2.05, 4.69) is 15.5 Å². The zero-order valence-corrected chi connectivity index (χ0v) is 14.3. The number of aromatic nitrogens is 2. The molecule has 0 saturated carbocycles. The summed E-state index contributed by atoms with van der Waals surface area (Å²) in [7, 11) is 1.52. The molecule has 0 unspecified atom stereocenters. The number of hydrogen-bond acceptors (Lipinski definition) is 5. The molecular weight excluding hydrogens is 342 g/mol. The van der Waals surface area contributed by atoms with E-state index in [9.17, 15) is 4.79 Å². The SMILES string of the molecule is COc1ccc(C(=O)NCCc2nc(-c3ccccc3)no2)cc1Cl. The molecule has 1 amide bonds. The highest BCUT2D eigenvalue weighted by molar-refractivity contribution is 6.32.